The number of oxime groups is 1. The number of carbonyl (C=O) groups is 1. The van der Waals surface area contributed by atoms with Gasteiger partial charge in [0.2, 0.25) is 0 Å². The highest BCUT2D eigenvalue weighted by atomic mass is 16.6. The van der Waals surface area contributed by atoms with E-state index in [1.54, 1.807) is 6.92 Å². The van der Waals surface area contributed by atoms with Crippen LogP contribution < -0.4 is 0 Å². The number of rotatable bonds is 3. The van der Waals surface area contributed by atoms with E-state index in [0.29, 0.717) is 18.9 Å². The number of carbonyl (C=O) groups excluding carboxylic acids is 1. The van der Waals surface area contributed by atoms with Gasteiger partial charge in [-0.1, -0.05) is 35.5 Å². The second kappa shape index (κ2) is 5.30. The molecule has 0 aliphatic carbocycles. The van der Waals surface area contributed by atoms with Crippen LogP contribution in [0.4, 0.5) is 0 Å². The zero-order valence-electron chi connectivity index (χ0n) is 9.55. The molecule has 1 aliphatic rings. The van der Waals surface area contributed by atoms with Crippen molar-refractivity contribution in [1.29, 1.82) is 0 Å². The summed E-state index contributed by atoms with van der Waals surface area (Å²) in [5.41, 5.74) is 2.37. The van der Waals surface area contributed by atoms with Crippen molar-refractivity contribution in [2.75, 3.05) is 13.2 Å². The molecule has 1 aromatic carbocycles. The summed E-state index contributed by atoms with van der Waals surface area (Å²) in [7, 11) is 0. The van der Waals surface area contributed by atoms with Crippen molar-refractivity contribution in [3.05, 3.63) is 47.5 Å². The minimum atomic E-state index is -0.364. The lowest BCUT2D eigenvalue weighted by Gasteiger charge is -2.01. The lowest BCUT2D eigenvalue weighted by atomic mass is 10.0. The van der Waals surface area contributed by atoms with E-state index < -0.39 is 0 Å². The maximum atomic E-state index is 11.4. The predicted molar refractivity (Wildman–Crippen MR) is 63.6 cm³/mol. The molecule has 4 nitrogen and oxygen atoms in total. The Morgan fingerprint density at radius 2 is 2.24 bits per heavy atom. The molecule has 2 rings (SSSR count). The summed E-state index contributed by atoms with van der Waals surface area (Å²) < 4.78 is 4.86. The lowest BCUT2D eigenvalue weighted by molar-refractivity contribution is -0.137. The van der Waals surface area contributed by atoms with Gasteiger partial charge in [0.05, 0.1) is 6.61 Å². The largest absolute Gasteiger partial charge is 0.463 e. The van der Waals surface area contributed by atoms with Crippen molar-refractivity contribution in [2.24, 2.45) is 5.16 Å². The van der Waals surface area contributed by atoms with E-state index in [-0.39, 0.29) is 5.97 Å². The molecule has 0 spiro atoms. The Morgan fingerprint density at radius 3 is 2.94 bits per heavy atom. The van der Waals surface area contributed by atoms with Crippen molar-refractivity contribution < 1.29 is 14.4 Å². The van der Waals surface area contributed by atoms with E-state index in [1.165, 1.54) is 6.08 Å². The fourth-order valence-corrected chi connectivity index (χ4v) is 1.56. The van der Waals surface area contributed by atoms with Gasteiger partial charge in [-0.3, -0.25) is 0 Å². The van der Waals surface area contributed by atoms with Crippen molar-refractivity contribution in [3.63, 3.8) is 0 Å². The second-order valence-electron chi connectivity index (χ2n) is 3.50. The summed E-state index contributed by atoms with van der Waals surface area (Å²) in [6.45, 7) is 2.44. The van der Waals surface area contributed by atoms with Crippen molar-refractivity contribution >= 4 is 11.7 Å². The van der Waals surface area contributed by atoms with Gasteiger partial charge in [0.1, 0.15) is 12.3 Å². The first-order valence-electron chi connectivity index (χ1n) is 5.44. The fraction of sp³-hybridized carbons (Fsp3) is 0.231. The van der Waals surface area contributed by atoms with Gasteiger partial charge < -0.3 is 9.57 Å². The van der Waals surface area contributed by atoms with Gasteiger partial charge in [-0.05, 0) is 6.92 Å². The van der Waals surface area contributed by atoms with Crippen LogP contribution in [0, 0.1) is 0 Å². The number of ether oxygens (including phenoxy) is 1. The molecule has 0 saturated heterocycles. The lowest BCUT2D eigenvalue weighted by Crippen LogP contribution is -2.07. The van der Waals surface area contributed by atoms with E-state index >= 15 is 0 Å². The fourth-order valence-electron chi connectivity index (χ4n) is 1.56. The second-order valence-corrected chi connectivity index (χ2v) is 3.50. The van der Waals surface area contributed by atoms with E-state index in [9.17, 15) is 4.79 Å². The van der Waals surface area contributed by atoms with Gasteiger partial charge in [0.25, 0.3) is 0 Å². The molecule has 0 atom stereocenters. The van der Waals surface area contributed by atoms with Crippen LogP contribution in [0.2, 0.25) is 0 Å². The Hall–Kier alpha value is -2.10. The van der Waals surface area contributed by atoms with Crippen LogP contribution in [0.5, 0.6) is 0 Å². The Labute approximate surface area is 99.5 Å². The molecule has 0 bridgehead atoms. The summed E-state index contributed by atoms with van der Waals surface area (Å²) in [4.78, 5) is 16.4. The topological polar surface area (TPSA) is 47.9 Å². The van der Waals surface area contributed by atoms with Gasteiger partial charge in [-0.2, -0.15) is 0 Å². The minimum Gasteiger partial charge on any atom is -0.463 e. The number of benzene rings is 1. The molecule has 1 aliphatic heterocycles. The van der Waals surface area contributed by atoms with Crippen LogP contribution in [0.3, 0.4) is 0 Å². The molecule has 17 heavy (non-hydrogen) atoms. The van der Waals surface area contributed by atoms with E-state index in [4.69, 9.17) is 9.57 Å². The zero-order chi connectivity index (χ0) is 12.1. The Bertz CT molecular complexity index is 463. The summed E-state index contributed by atoms with van der Waals surface area (Å²) in [5, 5.41) is 3.94. The van der Waals surface area contributed by atoms with E-state index in [2.05, 4.69) is 5.16 Å². The smallest absolute Gasteiger partial charge is 0.331 e. The van der Waals surface area contributed by atoms with E-state index in [1.807, 2.05) is 30.3 Å². The van der Waals surface area contributed by atoms with Crippen LogP contribution >= 0.6 is 0 Å². The molecule has 0 fully saturated rings. The van der Waals surface area contributed by atoms with Gasteiger partial charge >= 0.3 is 5.97 Å². The zero-order valence-corrected chi connectivity index (χ0v) is 9.55. The Morgan fingerprint density at radius 1 is 1.47 bits per heavy atom. The number of esters is 1. The average molecular weight is 231 g/mol. The molecule has 0 unspecified atom stereocenters. The van der Waals surface area contributed by atoms with Crippen LogP contribution in [-0.4, -0.2) is 24.9 Å². The normalized spacial score (nSPS) is 16.5. The standard InChI is InChI=1S/C13H13NO3/c1-2-16-12(15)8-11-9-17-14-13(11)10-6-4-3-5-7-10/h3-8H,2,9H2,1H3/b11-8+. The number of nitrogens with zero attached hydrogens (tertiary/aromatic N) is 1. The van der Waals surface area contributed by atoms with Crippen molar-refractivity contribution in [3.8, 4) is 0 Å². The minimum absolute atomic E-state index is 0.309. The summed E-state index contributed by atoms with van der Waals surface area (Å²) in [6.07, 6.45) is 1.43. The molecule has 4 heteroatoms. The molecule has 1 aromatic rings. The van der Waals surface area contributed by atoms with Crippen molar-refractivity contribution in [2.45, 2.75) is 6.92 Å². The van der Waals surface area contributed by atoms with Crippen LogP contribution in [-0.2, 0) is 14.4 Å². The first kappa shape index (κ1) is 11.4. The average Bonchev–Trinajstić information content (AvgIpc) is 2.78. The molecular weight excluding hydrogens is 218 g/mol. The monoisotopic (exact) mass is 231 g/mol. The summed E-state index contributed by atoms with van der Waals surface area (Å²) in [6, 6.07) is 9.60. The highest BCUT2D eigenvalue weighted by Gasteiger charge is 2.18. The van der Waals surface area contributed by atoms with Crippen molar-refractivity contribution in [1.82, 2.24) is 0 Å². The third-order valence-corrected chi connectivity index (χ3v) is 2.31. The Balaban J connectivity index is 2.21. The molecule has 0 saturated carbocycles. The first-order chi connectivity index (χ1) is 8.31. The molecule has 1 heterocycles. The molecule has 0 aromatic heterocycles. The Kier molecular flexibility index (Phi) is 3.55. The van der Waals surface area contributed by atoms with Gasteiger partial charge in [-0.15, -0.1) is 0 Å². The quantitative estimate of drug-likeness (QED) is 0.589. The molecule has 0 radical (unpaired) electrons. The maximum absolute atomic E-state index is 11.4. The highest BCUT2D eigenvalue weighted by molar-refractivity contribution is 6.15. The van der Waals surface area contributed by atoms with Gasteiger partial charge in [0.15, 0.2) is 0 Å². The third kappa shape index (κ3) is 2.72. The molecule has 0 amide bonds. The van der Waals surface area contributed by atoms with Gasteiger partial charge in [-0.25, -0.2) is 4.79 Å². The van der Waals surface area contributed by atoms with Gasteiger partial charge in [0, 0.05) is 17.2 Å². The highest BCUT2D eigenvalue weighted by Crippen LogP contribution is 2.16. The first-order valence-corrected chi connectivity index (χ1v) is 5.44. The predicted octanol–water partition coefficient (Wildman–Crippen LogP) is 1.91. The van der Waals surface area contributed by atoms with Crippen LogP contribution in [0.25, 0.3) is 0 Å². The third-order valence-electron chi connectivity index (χ3n) is 2.31. The SMILES string of the molecule is CCOC(=O)/C=C1\CON=C1c1ccccc1. The maximum Gasteiger partial charge on any atom is 0.331 e. The number of hydrogen-bond acceptors (Lipinski definition) is 4. The van der Waals surface area contributed by atoms with E-state index in [0.717, 1.165) is 11.1 Å². The summed E-state index contributed by atoms with van der Waals surface area (Å²) in [5.74, 6) is -0.364. The molecule has 0 N–H and O–H groups in total. The summed E-state index contributed by atoms with van der Waals surface area (Å²) >= 11 is 0. The van der Waals surface area contributed by atoms with Crippen LogP contribution in [0.15, 0.2) is 47.1 Å². The molecular formula is C13H13NO3. The number of hydrogen-bond donors (Lipinski definition) is 0. The van der Waals surface area contributed by atoms with Crippen LogP contribution in [0.1, 0.15) is 12.5 Å². The molecule has 88 valence electrons.